The molecule has 0 aliphatic rings. The summed E-state index contributed by atoms with van der Waals surface area (Å²) in [6.07, 6.45) is -1.09. The van der Waals surface area contributed by atoms with Crippen LogP contribution in [-0.4, -0.2) is 18.7 Å². The maximum atomic E-state index is 13.2. The first-order valence-corrected chi connectivity index (χ1v) is 5.30. The van der Waals surface area contributed by atoms with Crippen molar-refractivity contribution in [2.75, 3.05) is 11.9 Å². The van der Waals surface area contributed by atoms with Gasteiger partial charge in [-0.05, 0) is 6.92 Å². The minimum Gasteiger partial charge on any atom is -0.449 e. The van der Waals surface area contributed by atoms with Gasteiger partial charge in [-0.15, -0.1) is 0 Å². The Morgan fingerprint density at radius 1 is 0.905 bits per heavy atom. The number of amides is 3. The Balaban J connectivity index is 2.84. The van der Waals surface area contributed by atoms with Gasteiger partial charge in [0.25, 0.3) is 0 Å². The maximum absolute atomic E-state index is 13.2. The first-order chi connectivity index (χ1) is 9.79. The first kappa shape index (κ1) is 16.5. The summed E-state index contributed by atoms with van der Waals surface area (Å²) in [5.41, 5.74) is 1.67. The van der Waals surface area contributed by atoms with E-state index >= 15 is 0 Å². The molecule has 0 aromatic heterocycles. The van der Waals surface area contributed by atoms with Gasteiger partial charge in [-0.25, -0.2) is 42.4 Å². The Bertz CT molecular complexity index is 553. The second-order valence-electron chi connectivity index (χ2n) is 3.37. The molecule has 11 heteroatoms. The summed E-state index contributed by atoms with van der Waals surface area (Å²) in [5, 5.41) is 1.37. The fourth-order valence-corrected chi connectivity index (χ4v) is 1.13. The third kappa shape index (κ3) is 3.70. The van der Waals surface area contributed by atoms with Crippen LogP contribution in [0.3, 0.4) is 0 Å². The molecule has 0 fully saturated rings. The van der Waals surface area contributed by atoms with Crippen molar-refractivity contribution in [2.24, 2.45) is 0 Å². The molecule has 21 heavy (non-hydrogen) atoms. The topological polar surface area (TPSA) is 79.5 Å². The molecule has 0 unspecified atom stereocenters. The van der Waals surface area contributed by atoms with E-state index in [0.29, 0.717) is 0 Å². The second-order valence-corrected chi connectivity index (χ2v) is 3.37. The van der Waals surface area contributed by atoms with Crippen molar-refractivity contribution in [1.82, 2.24) is 10.9 Å². The number of carbonyl (C=O) groups is 2. The smallest absolute Gasteiger partial charge is 0.426 e. The molecule has 0 saturated heterocycles. The minimum absolute atomic E-state index is 0.0211. The van der Waals surface area contributed by atoms with Crippen molar-refractivity contribution in [2.45, 2.75) is 6.92 Å². The number of carbonyl (C=O) groups excluding carboxylic acids is 2. The molecule has 0 aliphatic heterocycles. The molecule has 0 heterocycles. The van der Waals surface area contributed by atoms with E-state index in [-0.39, 0.29) is 6.61 Å². The van der Waals surface area contributed by atoms with Gasteiger partial charge in [0.2, 0.25) is 5.82 Å². The molecule has 6 nitrogen and oxygen atoms in total. The predicted molar refractivity (Wildman–Crippen MR) is 58.5 cm³/mol. The Kier molecular flexibility index (Phi) is 5.27. The molecular weight excluding hydrogens is 305 g/mol. The van der Waals surface area contributed by atoms with Gasteiger partial charge >= 0.3 is 12.1 Å². The zero-order valence-electron chi connectivity index (χ0n) is 10.3. The van der Waals surface area contributed by atoms with E-state index in [1.165, 1.54) is 12.2 Å². The lowest BCUT2D eigenvalue weighted by Crippen LogP contribution is -2.44. The SMILES string of the molecule is CCOC(=O)NNC(=O)Nc1c(F)c(F)c(F)c(F)c1F. The Labute approximate surface area is 114 Å². The van der Waals surface area contributed by atoms with Crippen molar-refractivity contribution < 1.29 is 36.3 Å². The number of hydrazine groups is 1. The van der Waals surface area contributed by atoms with Crippen LogP contribution in [0.4, 0.5) is 37.2 Å². The molecule has 0 aliphatic carbocycles. The number of benzene rings is 1. The molecule has 0 atom stereocenters. The normalized spacial score (nSPS) is 10.0. The van der Waals surface area contributed by atoms with E-state index in [4.69, 9.17) is 0 Å². The molecule has 3 N–H and O–H groups in total. The molecule has 1 aromatic carbocycles. The van der Waals surface area contributed by atoms with Crippen LogP contribution in [0.2, 0.25) is 0 Å². The summed E-state index contributed by atoms with van der Waals surface area (Å²) < 4.78 is 69.2. The fraction of sp³-hybridized carbons (Fsp3) is 0.200. The highest BCUT2D eigenvalue weighted by Gasteiger charge is 2.26. The standard InChI is InChI=1S/C10H8F5N3O3/c1-2-21-10(20)18-17-9(19)16-8-6(14)4(12)3(11)5(13)7(8)15/h2H2,1H3,(H,18,20)(H2,16,17,19). The molecule has 116 valence electrons. The first-order valence-electron chi connectivity index (χ1n) is 5.30. The van der Waals surface area contributed by atoms with Crippen LogP contribution in [-0.2, 0) is 4.74 Å². The molecule has 1 rings (SSSR count). The molecule has 0 bridgehead atoms. The van der Waals surface area contributed by atoms with Crippen LogP contribution in [0.25, 0.3) is 0 Å². The summed E-state index contributed by atoms with van der Waals surface area (Å²) in [5.74, 6) is -11.2. The van der Waals surface area contributed by atoms with Crippen molar-refractivity contribution >= 4 is 17.8 Å². The monoisotopic (exact) mass is 313 g/mol. The van der Waals surface area contributed by atoms with Gasteiger partial charge in [0.1, 0.15) is 5.69 Å². The molecule has 0 radical (unpaired) electrons. The number of anilines is 1. The Morgan fingerprint density at radius 3 is 1.86 bits per heavy atom. The van der Waals surface area contributed by atoms with Gasteiger partial charge in [0, 0.05) is 0 Å². The number of halogens is 5. The third-order valence-electron chi connectivity index (χ3n) is 2.00. The van der Waals surface area contributed by atoms with Crippen LogP contribution in [0, 0.1) is 29.1 Å². The predicted octanol–water partition coefficient (Wildman–Crippen LogP) is 2.16. The maximum Gasteiger partial charge on any atom is 0.426 e. The van der Waals surface area contributed by atoms with Crippen LogP contribution in [0.15, 0.2) is 0 Å². The number of rotatable bonds is 2. The van der Waals surface area contributed by atoms with Crippen LogP contribution in [0.1, 0.15) is 6.92 Å². The van der Waals surface area contributed by atoms with Crippen LogP contribution in [0.5, 0.6) is 0 Å². The van der Waals surface area contributed by atoms with Crippen LogP contribution < -0.4 is 16.2 Å². The summed E-state index contributed by atoms with van der Waals surface area (Å²) in [7, 11) is 0. The zero-order valence-corrected chi connectivity index (χ0v) is 10.3. The highest BCUT2D eigenvalue weighted by Crippen LogP contribution is 2.26. The van der Waals surface area contributed by atoms with E-state index in [0.717, 1.165) is 0 Å². The highest BCUT2D eigenvalue weighted by molar-refractivity contribution is 5.90. The molecular formula is C10H8F5N3O3. The summed E-state index contributed by atoms with van der Waals surface area (Å²) in [6, 6.07) is -1.45. The Morgan fingerprint density at radius 2 is 1.38 bits per heavy atom. The summed E-state index contributed by atoms with van der Waals surface area (Å²) >= 11 is 0. The van der Waals surface area contributed by atoms with E-state index < -0.39 is 46.9 Å². The molecule has 1 aromatic rings. The van der Waals surface area contributed by atoms with E-state index in [1.807, 2.05) is 0 Å². The van der Waals surface area contributed by atoms with E-state index in [2.05, 4.69) is 4.74 Å². The number of ether oxygens (including phenoxy) is 1. The highest BCUT2D eigenvalue weighted by atomic mass is 19.2. The number of nitrogens with one attached hydrogen (secondary N) is 3. The van der Waals surface area contributed by atoms with Gasteiger partial charge in [-0.3, -0.25) is 0 Å². The lowest BCUT2D eigenvalue weighted by atomic mass is 10.2. The average Bonchev–Trinajstić information content (AvgIpc) is 2.46. The minimum atomic E-state index is -2.36. The third-order valence-corrected chi connectivity index (χ3v) is 2.00. The van der Waals surface area contributed by atoms with Gasteiger partial charge in [0.15, 0.2) is 23.3 Å². The van der Waals surface area contributed by atoms with Crippen molar-refractivity contribution in [1.29, 1.82) is 0 Å². The average molecular weight is 313 g/mol. The van der Waals surface area contributed by atoms with Crippen molar-refractivity contribution in [3.8, 4) is 0 Å². The van der Waals surface area contributed by atoms with Gasteiger partial charge in [-0.1, -0.05) is 0 Å². The Hall–Kier alpha value is -2.59. The summed E-state index contributed by atoms with van der Waals surface area (Å²) in [6.45, 7) is 1.45. The quantitative estimate of drug-likeness (QED) is 0.339. The van der Waals surface area contributed by atoms with Gasteiger partial charge in [0.05, 0.1) is 6.61 Å². The lowest BCUT2D eigenvalue weighted by molar-refractivity contribution is 0.148. The fourth-order valence-electron chi connectivity index (χ4n) is 1.13. The van der Waals surface area contributed by atoms with Gasteiger partial charge in [-0.2, -0.15) is 0 Å². The zero-order chi connectivity index (χ0) is 16.2. The van der Waals surface area contributed by atoms with E-state index in [9.17, 15) is 31.5 Å². The molecule has 0 saturated carbocycles. The van der Waals surface area contributed by atoms with Crippen LogP contribution >= 0.6 is 0 Å². The van der Waals surface area contributed by atoms with Crippen molar-refractivity contribution in [3.05, 3.63) is 29.1 Å². The number of hydrogen-bond acceptors (Lipinski definition) is 3. The van der Waals surface area contributed by atoms with Gasteiger partial charge < -0.3 is 10.1 Å². The lowest BCUT2D eigenvalue weighted by Gasteiger charge is -2.11. The number of urea groups is 1. The molecule has 3 amide bonds. The second kappa shape index (κ2) is 6.72. The summed E-state index contributed by atoms with van der Waals surface area (Å²) in [4.78, 5) is 22.0. The van der Waals surface area contributed by atoms with Crippen molar-refractivity contribution in [3.63, 3.8) is 0 Å². The number of hydrogen-bond donors (Lipinski definition) is 3. The molecule has 0 spiro atoms. The largest absolute Gasteiger partial charge is 0.449 e. The van der Waals surface area contributed by atoms with E-state index in [1.54, 1.807) is 10.9 Å².